The fourth-order valence-electron chi connectivity index (χ4n) is 4.82. The van der Waals surface area contributed by atoms with Crippen LogP contribution >= 0.6 is 0 Å². The number of nitrogens with one attached hydrogen (secondary N) is 2. The molecule has 1 unspecified atom stereocenters. The average Bonchev–Trinajstić information content (AvgIpc) is 2.88. The summed E-state index contributed by atoms with van der Waals surface area (Å²) in [4.78, 5) is 40.7. The van der Waals surface area contributed by atoms with Crippen molar-refractivity contribution in [2.24, 2.45) is 5.92 Å². The minimum Gasteiger partial charge on any atom is -0.343 e. The molecular formula is C29H40N4O3. The summed E-state index contributed by atoms with van der Waals surface area (Å²) in [5.41, 5.74) is 3.54. The number of rotatable bonds is 11. The van der Waals surface area contributed by atoms with E-state index in [2.05, 4.69) is 15.5 Å². The Balaban J connectivity index is 1.40. The summed E-state index contributed by atoms with van der Waals surface area (Å²) in [6.07, 6.45) is 4.30. The van der Waals surface area contributed by atoms with Crippen LogP contribution in [0.3, 0.4) is 0 Å². The van der Waals surface area contributed by atoms with Crippen LogP contribution in [0.25, 0.3) is 11.1 Å². The van der Waals surface area contributed by atoms with Gasteiger partial charge in [-0.3, -0.25) is 14.4 Å². The Labute approximate surface area is 215 Å². The lowest BCUT2D eigenvalue weighted by Crippen LogP contribution is -2.45. The zero-order chi connectivity index (χ0) is 25.9. The molecule has 0 spiro atoms. The normalized spacial score (nSPS) is 15.8. The van der Waals surface area contributed by atoms with E-state index >= 15 is 0 Å². The molecule has 0 aliphatic carbocycles. The first-order valence-corrected chi connectivity index (χ1v) is 13.2. The van der Waals surface area contributed by atoms with E-state index in [4.69, 9.17) is 0 Å². The van der Waals surface area contributed by atoms with Crippen molar-refractivity contribution in [1.82, 2.24) is 9.80 Å². The number of hydrogen-bond acceptors (Lipinski definition) is 4. The Morgan fingerprint density at radius 1 is 0.944 bits per heavy atom. The number of nitrogens with zero attached hydrogens (tertiary/aromatic N) is 2. The smallest absolute Gasteiger partial charge is 0.226 e. The Hall–Kier alpha value is -3.19. The van der Waals surface area contributed by atoms with Gasteiger partial charge in [-0.05, 0) is 88.0 Å². The first-order chi connectivity index (χ1) is 17.4. The molecule has 0 saturated carbocycles. The maximum absolute atomic E-state index is 12.7. The van der Waals surface area contributed by atoms with Crippen LogP contribution in [0.1, 0.15) is 52.9 Å². The van der Waals surface area contributed by atoms with Crippen LogP contribution < -0.4 is 10.6 Å². The van der Waals surface area contributed by atoms with Gasteiger partial charge in [-0.15, -0.1) is 0 Å². The van der Waals surface area contributed by atoms with E-state index < -0.39 is 0 Å². The van der Waals surface area contributed by atoms with Gasteiger partial charge in [-0.1, -0.05) is 24.3 Å². The minimum atomic E-state index is -0.101. The molecule has 36 heavy (non-hydrogen) atoms. The fourth-order valence-corrected chi connectivity index (χ4v) is 4.82. The Morgan fingerprint density at radius 3 is 2.39 bits per heavy atom. The average molecular weight is 493 g/mol. The zero-order valence-corrected chi connectivity index (χ0v) is 21.9. The maximum Gasteiger partial charge on any atom is 0.226 e. The van der Waals surface area contributed by atoms with Gasteiger partial charge in [0.1, 0.15) is 0 Å². The van der Waals surface area contributed by atoms with Crippen molar-refractivity contribution in [3.63, 3.8) is 0 Å². The number of benzene rings is 2. The highest BCUT2D eigenvalue weighted by Gasteiger charge is 2.27. The molecule has 2 aromatic rings. The fraction of sp³-hybridized carbons (Fsp3) is 0.483. The molecule has 3 rings (SSSR count). The van der Waals surface area contributed by atoms with Gasteiger partial charge in [-0.25, -0.2) is 0 Å². The van der Waals surface area contributed by atoms with Crippen LogP contribution in [0.2, 0.25) is 0 Å². The number of likely N-dealkylation sites (tertiary alicyclic amines) is 1. The molecule has 0 bridgehead atoms. The van der Waals surface area contributed by atoms with Crippen LogP contribution in [-0.4, -0.2) is 60.2 Å². The van der Waals surface area contributed by atoms with Crippen LogP contribution in [0.4, 0.5) is 11.4 Å². The summed E-state index contributed by atoms with van der Waals surface area (Å²) in [5.74, 6) is 0.313. The zero-order valence-electron chi connectivity index (χ0n) is 21.9. The summed E-state index contributed by atoms with van der Waals surface area (Å²) in [7, 11) is 0. The third-order valence-electron chi connectivity index (χ3n) is 6.74. The predicted molar refractivity (Wildman–Crippen MR) is 146 cm³/mol. The predicted octanol–water partition coefficient (Wildman–Crippen LogP) is 5.00. The Kier molecular flexibility index (Phi) is 10.5. The summed E-state index contributed by atoms with van der Waals surface area (Å²) < 4.78 is 0. The van der Waals surface area contributed by atoms with E-state index in [0.717, 1.165) is 80.9 Å². The highest BCUT2D eigenvalue weighted by molar-refractivity contribution is 5.91. The number of unbranched alkanes of at least 4 members (excludes halogenated alkanes) is 1. The topological polar surface area (TPSA) is 81.8 Å². The molecule has 2 N–H and O–H groups in total. The van der Waals surface area contributed by atoms with Crippen molar-refractivity contribution in [3.8, 4) is 11.1 Å². The highest BCUT2D eigenvalue weighted by Crippen LogP contribution is 2.24. The van der Waals surface area contributed by atoms with E-state index in [9.17, 15) is 14.4 Å². The first-order valence-electron chi connectivity index (χ1n) is 13.2. The van der Waals surface area contributed by atoms with Gasteiger partial charge in [0, 0.05) is 44.4 Å². The van der Waals surface area contributed by atoms with Crippen molar-refractivity contribution < 1.29 is 14.4 Å². The molecule has 3 amide bonds. The van der Waals surface area contributed by atoms with Crippen molar-refractivity contribution in [3.05, 3.63) is 48.5 Å². The number of piperidine rings is 1. The van der Waals surface area contributed by atoms with E-state index in [1.807, 2.05) is 67.3 Å². The van der Waals surface area contributed by atoms with Crippen molar-refractivity contribution in [1.29, 1.82) is 0 Å². The van der Waals surface area contributed by atoms with Crippen molar-refractivity contribution >= 4 is 29.1 Å². The van der Waals surface area contributed by atoms with Crippen LogP contribution in [0, 0.1) is 5.92 Å². The van der Waals surface area contributed by atoms with Crippen LogP contribution in [0.5, 0.6) is 0 Å². The van der Waals surface area contributed by atoms with Crippen LogP contribution in [-0.2, 0) is 14.4 Å². The lowest BCUT2D eigenvalue weighted by Gasteiger charge is -2.34. The molecule has 1 atom stereocenters. The lowest BCUT2D eigenvalue weighted by molar-refractivity contribution is -0.137. The van der Waals surface area contributed by atoms with Gasteiger partial charge >= 0.3 is 0 Å². The summed E-state index contributed by atoms with van der Waals surface area (Å²) >= 11 is 0. The highest BCUT2D eigenvalue weighted by atomic mass is 16.2. The molecule has 7 nitrogen and oxygen atoms in total. The Morgan fingerprint density at radius 2 is 1.69 bits per heavy atom. The first kappa shape index (κ1) is 27.4. The molecule has 1 fully saturated rings. The van der Waals surface area contributed by atoms with Gasteiger partial charge in [-0.2, -0.15) is 0 Å². The molecule has 0 radical (unpaired) electrons. The largest absolute Gasteiger partial charge is 0.343 e. The summed E-state index contributed by atoms with van der Waals surface area (Å²) in [5, 5.41) is 5.78. The summed E-state index contributed by atoms with van der Waals surface area (Å²) in [6, 6.07) is 15.4. The number of carbonyl (C=O) groups excluding carboxylic acids is 3. The number of anilines is 2. The summed E-state index contributed by atoms with van der Waals surface area (Å²) in [6.45, 7) is 9.91. The van der Waals surface area contributed by atoms with Crippen LogP contribution in [0.15, 0.2) is 48.5 Å². The molecule has 1 aliphatic heterocycles. The third kappa shape index (κ3) is 8.19. The van der Waals surface area contributed by atoms with Crippen molar-refractivity contribution in [2.45, 2.75) is 52.9 Å². The molecular weight excluding hydrogens is 452 g/mol. The lowest BCUT2D eigenvalue weighted by atomic mass is 9.96. The molecule has 7 heteroatoms. The monoisotopic (exact) mass is 492 g/mol. The van der Waals surface area contributed by atoms with Gasteiger partial charge in [0.05, 0.1) is 5.92 Å². The maximum atomic E-state index is 12.7. The van der Waals surface area contributed by atoms with Gasteiger partial charge in [0.2, 0.25) is 17.7 Å². The van der Waals surface area contributed by atoms with Gasteiger partial charge in [0.15, 0.2) is 0 Å². The molecule has 1 aliphatic rings. The number of carbonyl (C=O) groups is 3. The van der Waals surface area contributed by atoms with E-state index in [1.165, 1.54) is 6.92 Å². The molecule has 2 aromatic carbocycles. The van der Waals surface area contributed by atoms with Gasteiger partial charge < -0.3 is 20.4 Å². The standard InChI is InChI=1S/C29H40N4O3/c1-4-33(5-2)29(36)25-11-9-19-32(21-25)18-7-6-13-28(35)31-26-16-14-23(15-17-26)24-10-8-12-27(20-24)30-22(3)34/h8,10,12,14-17,20,25H,4-7,9,11,13,18-19,21H2,1-3H3,(H,30,34)(H,31,35). The number of amides is 3. The molecule has 194 valence electrons. The SMILES string of the molecule is CCN(CC)C(=O)C1CCCN(CCCCC(=O)Nc2ccc(-c3cccc(NC(C)=O)c3)cc2)C1. The van der Waals surface area contributed by atoms with Crippen molar-refractivity contribution in [2.75, 3.05) is 43.4 Å². The molecule has 1 saturated heterocycles. The second kappa shape index (κ2) is 13.8. The molecule has 0 aromatic heterocycles. The number of hydrogen-bond donors (Lipinski definition) is 2. The van der Waals surface area contributed by atoms with Gasteiger partial charge in [0.25, 0.3) is 0 Å². The second-order valence-electron chi connectivity index (χ2n) is 9.49. The van der Waals surface area contributed by atoms with E-state index in [0.29, 0.717) is 6.42 Å². The second-order valence-corrected chi connectivity index (χ2v) is 9.49. The van der Waals surface area contributed by atoms with E-state index in [1.54, 1.807) is 0 Å². The third-order valence-corrected chi connectivity index (χ3v) is 6.74. The molecule has 1 heterocycles. The van der Waals surface area contributed by atoms with E-state index in [-0.39, 0.29) is 23.6 Å². The quantitative estimate of drug-likeness (QED) is 0.433. The minimum absolute atomic E-state index is 0.0173. The Bertz CT molecular complexity index is 1020.